The summed E-state index contributed by atoms with van der Waals surface area (Å²) >= 11 is 1.87. The van der Waals surface area contributed by atoms with Crippen LogP contribution in [0.2, 0.25) is 0 Å². The van der Waals surface area contributed by atoms with Gasteiger partial charge in [-0.05, 0) is 19.1 Å². The number of aliphatic imine (C=N–C) groups is 1. The van der Waals surface area contributed by atoms with Crippen LogP contribution in [0.5, 0.6) is 0 Å². The molecule has 0 heterocycles. The van der Waals surface area contributed by atoms with Gasteiger partial charge in [-0.3, -0.25) is 4.99 Å². The van der Waals surface area contributed by atoms with Crippen molar-refractivity contribution in [2.45, 2.75) is 31.9 Å². The fourth-order valence-corrected chi connectivity index (χ4v) is 1.16. The molecule has 0 aliphatic rings. The highest BCUT2D eigenvalue weighted by atomic mass is 32.2. The van der Waals surface area contributed by atoms with E-state index in [4.69, 9.17) is 5.73 Å². The van der Waals surface area contributed by atoms with E-state index in [-0.39, 0.29) is 0 Å². The second-order valence-corrected chi connectivity index (χ2v) is 4.30. The molecule has 13 heavy (non-hydrogen) atoms. The summed E-state index contributed by atoms with van der Waals surface area (Å²) in [5.41, 5.74) is 5.62. The second-order valence-electron chi connectivity index (χ2n) is 3.03. The van der Waals surface area contributed by atoms with E-state index in [9.17, 15) is 0 Å². The zero-order valence-electron chi connectivity index (χ0n) is 8.84. The molecule has 3 N–H and O–H groups in total. The molecule has 0 saturated carbocycles. The van der Waals surface area contributed by atoms with E-state index in [0.29, 0.717) is 11.2 Å². The lowest BCUT2D eigenvalue weighted by Gasteiger charge is -2.09. The zero-order chi connectivity index (χ0) is 10.1. The Bertz CT molecular complexity index is 148. The Hall–Kier alpha value is -0.380. The van der Waals surface area contributed by atoms with E-state index < -0.39 is 0 Å². The van der Waals surface area contributed by atoms with Crippen LogP contribution in [0, 0.1) is 0 Å². The standard InChI is InChI=1S/C9H21N3S/c1-4-6-11-9(10)12-7-5-8(2)13-3/h8H,4-7H2,1-3H3,(H3,10,11,12). The highest BCUT2D eigenvalue weighted by Crippen LogP contribution is 2.07. The predicted molar refractivity (Wildman–Crippen MR) is 62.4 cm³/mol. The predicted octanol–water partition coefficient (Wildman–Crippen LogP) is 1.44. The van der Waals surface area contributed by atoms with Gasteiger partial charge in [0, 0.05) is 18.3 Å². The Kier molecular flexibility index (Phi) is 7.99. The number of guanidine groups is 1. The van der Waals surface area contributed by atoms with Crippen molar-refractivity contribution in [3.8, 4) is 0 Å². The molecule has 0 fully saturated rings. The Morgan fingerprint density at radius 3 is 2.85 bits per heavy atom. The molecule has 0 bridgehead atoms. The SMILES string of the molecule is CCCN=C(N)NCCC(C)SC. The largest absolute Gasteiger partial charge is 0.370 e. The molecule has 1 atom stereocenters. The normalized spacial score (nSPS) is 14.2. The molecular formula is C9H21N3S. The summed E-state index contributed by atoms with van der Waals surface area (Å²) in [5, 5.41) is 3.78. The van der Waals surface area contributed by atoms with E-state index in [2.05, 4.69) is 30.4 Å². The second kappa shape index (κ2) is 8.23. The number of nitrogens with zero attached hydrogens (tertiary/aromatic N) is 1. The van der Waals surface area contributed by atoms with E-state index in [1.807, 2.05) is 11.8 Å². The molecule has 0 aliphatic heterocycles. The van der Waals surface area contributed by atoms with Crippen molar-refractivity contribution in [3.05, 3.63) is 0 Å². The van der Waals surface area contributed by atoms with Crippen molar-refractivity contribution < 1.29 is 0 Å². The minimum atomic E-state index is 0.579. The van der Waals surface area contributed by atoms with Crippen LogP contribution >= 0.6 is 11.8 Å². The van der Waals surface area contributed by atoms with Crippen LogP contribution in [0.3, 0.4) is 0 Å². The summed E-state index contributed by atoms with van der Waals surface area (Å²) in [6.45, 7) is 6.04. The topological polar surface area (TPSA) is 50.4 Å². The van der Waals surface area contributed by atoms with Gasteiger partial charge < -0.3 is 11.1 Å². The summed E-state index contributed by atoms with van der Waals surface area (Å²) in [7, 11) is 0. The minimum Gasteiger partial charge on any atom is -0.370 e. The molecule has 0 spiro atoms. The maximum atomic E-state index is 5.62. The molecule has 0 aromatic heterocycles. The Balaban J connectivity index is 3.41. The van der Waals surface area contributed by atoms with Crippen LogP contribution in [-0.4, -0.2) is 30.6 Å². The van der Waals surface area contributed by atoms with E-state index >= 15 is 0 Å². The molecule has 0 rings (SSSR count). The van der Waals surface area contributed by atoms with Gasteiger partial charge in [-0.25, -0.2) is 0 Å². The number of rotatable bonds is 6. The first-order valence-electron chi connectivity index (χ1n) is 4.77. The number of thioether (sulfide) groups is 1. The molecular weight excluding hydrogens is 182 g/mol. The maximum Gasteiger partial charge on any atom is 0.188 e. The quantitative estimate of drug-likeness (QED) is 0.507. The molecule has 1 unspecified atom stereocenters. The first kappa shape index (κ1) is 12.6. The third-order valence-corrected chi connectivity index (χ3v) is 2.81. The third-order valence-electron chi connectivity index (χ3n) is 1.77. The van der Waals surface area contributed by atoms with Crippen LogP contribution in [0.1, 0.15) is 26.7 Å². The summed E-state index contributed by atoms with van der Waals surface area (Å²) in [5.74, 6) is 0.579. The van der Waals surface area contributed by atoms with Crippen molar-refractivity contribution in [1.82, 2.24) is 5.32 Å². The van der Waals surface area contributed by atoms with Gasteiger partial charge in [-0.2, -0.15) is 11.8 Å². The zero-order valence-corrected chi connectivity index (χ0v) is 9.66. The number of nitrogens with two attached hydrogens (primary N) is 1. The third kappa shape index (κ3) is 7.96. The molecule has 4 heteroatoms. The van der Waals surface area contributed by atoms with Gasteiger partial charge in [0.25, 0.3) is 0 Å². The highest BCUT2D eigenvalue weighted by molar-refractivity contribution is 7.99. The molecule has 78 valence electrons. The Morgan fingerprint density at radius 2 is 2.31 bits per heavy atom. The number of hydrogen-bond donors (Lipinski definition) is 2. The summed E-state index contributed by atoms with van der Waals surface area (Å²) in [6, 6.07) is 0. The molecule has 0 aliphatic carbocycles. The minimum absolute atomic E-state index is 0.579. The van der Waals surface area contributed by atoms with Crippen molar-refractivity contribution >= 4 is 17.7 Å². The average molecular weight is 203 g/mol. The first-order valence-corrected chi connectivity index (χ1v) is 6.06. The monoisotopic (exact) mass is 203 g/mol. The van der Waals surface area contributed by atoms with Crippen LogP contribution in [0.15, 0.2) is 4.99 Å². The molecule has 0 amide bonds. The lowest BCUT2D eigenvalue weighted by atomic mass is 10.3. The van der Waals surface area contributed by atoms with Gasteiger partial charge in [-0.15, -0.1) is 0 Å². The molecule has 0 aromatic rings. The van der Waals surface area contributed by atoms with Crippen LogP contribution in [0.25, 0.3) is 0 Å². The molecule has 3 nitrogen and oxygen atoms in total. The molecule has 0 aromatic carbocycles. The Labute approximate surface area is 85.6 Å². The number of nitrogens with one attached hydrogen (secondary N) is 1. The lowest BCUT2D eigenvalue weighted by molar-refractivity contribution is 0.759. The van der Waals surface area contributed by atoms with Crippen LogP contribution in [0.4, 0.5) is 0 Å². The molecule has 0 radical (unpaired) electrons. The molecule has 0 saturated heterocycles. The van der Waals surface area contributed by atoms with Crippen molar-refractivity contribution in [2.75, 3.05) is 19.3 Å². The lowest BCUT2D eigenvalue weighted by Crippen LogP contribution is -2.33. The van der Waals surface area contributed by atoms with Crippen LogP contribution in [-0.2, 0) is 0 Å². The van der Waals surface area contributed by atoms with Crippen molar-refractivity contribution in [2.24, 2.45) is 10.7 Å². The van der Waals surface area contributed by atoms with E-state index in [1.165, 1.54) is 0 Å². The summed E-state index contributed by atoms with van der Waals surface area (Å²) in [4.78, 5) is 4.14. The van der Waals surface area contributed by atoms with Gasteiger partial charge in [0.15, 0.2) is 5.96 Å². The van der Waals surface area contributed by atoms with Crippen molar-refractivity contribution in [1.29, 1.82) is 0 Å². The fourth-order valence-electron chi connectivity index (χ4n) is 0.810. The summed E-state index contributed by atoms with van der Waals surface area (Å²) in [6.07, 6.45) is 4.30. The van der Waals surface area contributed by atoms with E-state index in [0.717, 1.165) is 25.9 Å². The Morgan fingerprint density at radius 1 is 1.62 bits per heavy atom. The van der Waals surface area contributed by atoms with Gasteiger partial charge in [0.05, 0.1) is 0 Å². The summed E-state index contributed by atoms with van der Waals surface area (Å²) < 4.78 is 0. The average Bonchev–Trinajstić information content (AvgIpc) is 2.14. The fraction of sp³-hybridized carbons (Fsp3) is 0.889. The number of hydrogen-bond acceptors (Lipinski definition) is 2. The van der Waals surface area contributed by atoms with Gasteiger partial charge in [0.2, 0.25) is 0 Å². The smallest absolute Gasteiger partial charge is 0.188 e. The van der Waals surface area contributed by atoms with E-state index in [1.54, 1.807) is 0 Å². The van der Waals surface area contributed by atoms with Gasteiger partial charge in [0.1, 0.15) is 0 Å². The van der Waals surface area contributed by atoms with Crippen LogP contribution < -0.4 is 11.1 Å². The first-order chi connectivity index (χ1) is 6.20. The maximum absolute atomic E-state index is 5.62. The van der Waals surface area contributed by atoms with Gasteiger partial charge >= 0.3 is 0 Å². The van der Waals surface area contributed by atoms with Gasteiger partial charge in [-0.1, -0.05) is 13.8 Å². The highest BCUT2D eigenvalue weighted by Gasteiger charge is 1.98. The van der Waals surface area contributed by atoms with Crippen molar-refractivity contribution in [3.63, 3.8) is 0 Å².